The highest BCUT2D eigenvalue weighted by Crippen LogP contribution is 2.42. The molecule has 1 aliphatic rings. The number of nitrogens with zero attached hydrogens (tertiary/aromatic N) is 3. The van der Waals surface area contributed by atoms with E-state index in [0.717, 1.165) is 16.8 Å². The summed E-state index contributed by atoms with van der Waals surface area (Å²) in [5, 5.41) is 13.9. The number of rotatable bonds is 6. The fourth-order valence-electron chi connectivity index (χ4n) is 4.35. The third kappa shape index (κ3) is 4.48. The first-order chi connectivity index (χ1) is 16.1. The minimum absolute atomic E-state index is 0.172. The van der Waals surface area contributed by atoms with Crippen molar-refractivity contribution in [3.05, 3.63) is 75.7 Å². The molecule has 2 heterocycles. The van der Waals surface area contributed by atoms with Crippen molar-refractivity contribution in [2.24, 2.45) is 0 Å². The maximum absolute atomic E-state index is 14.7. The van der Waals surface area contributed by atoms with Gasteiger partial charge in [0.25, 0.3) is 0 Å². The first kappa shape index (κ1) is 24.0. The minimum atomic E-state index is -0.638. The van der Waals surface area contributed by atoms with Crippen LogP contribution in [0, 0.1) is 12.7 Å². The van der Waals surface area contributed by atoms with Crippen molar-refractivity contribution in [1.82, 2.24) is 25.3 Å². The van der Waals surface area contributed by atoms with Crippen LogP contribution in [0.3, 0.4) is 0 Å². The molecule has 3 N–H and O–H groups in total. The number of amides is 2. The van der Waals surface area contributed by atoms with Crippen LogP contribution in [0.25, 0.3) is 0 Å². The monoisotopic (exact) mass is 484 g/mol. The average Bonchev–Trinajstić information content (AvgIpc) is 3.31. The maximum Gasteiger partial charge on any atom is 0.319 e. The van der Waals surface area contributed by atoms with Crippen LogP contribution in [0.5, 0.6) is 0 Å². The molecule has 2 aromatic carbocycles. The fraction of sp³-hybridized carbons (Fsp3) is 0.360. The molecule has 0 saturated heterocycles. The summed E-state index contributed by atoms with van der Waals surface area (Å²) in [6.07, 6.45) is 0. The van der Waals surface area contributed by atoms with Gasteiger partial charge >= 0.3 is 6.03 Å². The van der Waals surface area contributed by atoms with Crippen molar-refractivity contribution in [1.29, 1.82) is 0 Å². The molecule has 1 atom stereocenters. The van der Waals surface area contributed by atoms with E-state index in [1.807, 2.05) is 63.2 Å². The number of carbonyl (C=O) groups excluding carboxylic acids is 1. The molecule has 4 rings (SSSR count). The number of carbonyl (C=O) groups is 1. The molecule has 9 heteroatoms. The SMILES string of the molecule is Cc1ccc(Cl)c(Nc2n[nH]c3c2CN(C(=O)N[C@H](CN(C)C)c2ccccc2)C3(C)C)c1F. The van der Waals surface area contributed by atoms with Crippen LogP contribution < -0.4 is 10.6 Å². The van der Waals surface area contributed by atoms with Gasteiger partial charge in [0.2, 0.25) is 0 Å². The van der Waals surface area contributed by atoms with E-state index in [0.29, 0.717) is 24.5 Å². The first-order valence-corrected chi connectivity index (χ1v) is 11.5. The van der Waals surface area contributed by atoms with E-state index >= 15 is 0 Å². The molecule has 0 unspecified atom stereocenters. The normalized spacial score (nSPS) is 15.4. The van der Waals surface area contributed by atoms with Gasteiger partial charge in [0.15, 0.2) is 11.6 Å². The van der Waals surface area contributed by atoms with Crippen LogP contribution in [0.4, 0.5) is 20.7 Å². The molecule has 0 spiro atoms. The number of H-pyrrole nitrogens is 1. The number of aromatic amines is 1. The lowest BCUT2D eigenvalue weighted by atomic mass is 10.0. The van der Waals surface area contributed by atoms with Crippen molar-refractivity contribution in [3.63, 3.8) is 0 Å². The van der Waals surface area contributed by atoms with Gasteiger partial charge in [-0.3, -0.25) is 5.10 Å². The van der Waals surface area contributed by atoms with Crippen LogP contribution in [-0.2, 0) is 12.1 Å². The number of fused-ring (bicyclic) bond motifs is 1. The van der Waals surface area contributed by atoms with Gasteiger partial charge in [0, 0.05) is 12.1 Å². The predicted molar refractivity (Wildman–Crippen MR) is 133 cm³/mol. The number of hydrogen-bond donors (Lipinski definition) is 3. The van der Waals surface area contributed by atoms with E-state index in [2.05, 4.69) is 20.8 Å². The molecule has 1 aliphatic heterocycles. The Bertz CT molecular complexity index is 1190. The lowest BCUT2D eigenvalue weighted by Crippen LogP contribution is -2.48. The number of benzene rings is 2. The number of urea groups is 1. The molecule has 0 fully saturated rings. The molecule has 34 heavy (non-hydrogen) atoms. The molecule has 180 valence electrons. The zero-order valence-corrected chi connectivity index (χ0v) is 20.8. The molecular formula is C25H30ClFN6O. The molecule has 3 aromatic rings. The van der Waals surface area contributed by atoms with Gasteiger partial charge in [-0.1, -0.05) is 48.0 Å². The average molecular weight is 485 g/mol. The number of hydrogen-bond acceptors (Lipinski definition) is 4. The number of aromatic nitrogens is 2. The van der Waals surface area contributed by atoms with E-state index in [9.17, 15) is 9.18 Å². The molecule has 0 saturated carbocycles. The number of likely N-dealkylation sites (N-methyl/N-ethyl adjacent to an activating group) is 1. The molecule has 0 aliphatic carbocycles. The summed E-state index contributed by atoms with van der Waals surface area (Å²) in [4.78, 5) is 17.3. The van der Waals surface area contributed by atoms with Gasteiger partial charge in [0.1, 0.15) is 0 Å². The summed E-state index contributed by atoms with van der Waals surface area (Å²) < 4.78 is 14.7. The van der Waals surface area contributed by atoms with Gasteiger partial charge < -0.3 is 20.4 Å². The van der Waals surface area contributed by atoms with Crippen molar-refractivity contribution in [3.8, 4) is 0 Å². The van der Waals surface area contributed by atoms with Crippen molar-refractivity contribution in [2.75, 3.05) is 26.0 Å². The van der Waals surface area contributed by atoms with Gasteiger partial charge in [-0.25, -0.2) is 9.18 Å². The summed E-state index contributed by atoms with van der Waals surface area (Å²) >= 11 is 6.24. The Balaban J connectivity index is 1.58. The number of nitrogens with one attached hydrogen (secondary N) is 3. The van der Waals surface area contributed by atoms with Gasteiger partial charge in [-0.15, -0.1) is 0 Å². The molecule has 0 radical (unpaired) electrons. The fourth-order valence-corrected chi connectivity index (χ4v) is 4.54. The number of halogens is 2. The van der Waals surface area contributed by atoms with E-state index < -0.39 is 11.4 Å². The molecule has 2 amide bonds. The number of aryl methyl sites for hydroxylation is 1. The van der Waals surface area contributed by atoms with Crippen molar-refractivity contribution in [2.45, 2.75) is 38.9 Å². The second-order valence-electron chi connectivity index (χ2n) is 9.42. The van der Waals surface area contributed by atoms with Crippen LogP contribution in [0.1, 0.15) is 42.3 Å². The summed E-state index contributed by atoms with van der Waals surface area (Å²) in [6.45, 7) is 6.59. The van der Waals surface area contributed by atoms with E-state index in [4.69, 9.17) is 11.6 Å². The summed E-state index contributed by atoms with van der Waals surface area (Å²) in [6, 6.07) is 12.8. The third-order valence-electron chi connectivity index (χ3n) is 6.29. The lowest BCUT2D eigenvalue weighted by Gasteiger charge is -2.34. The van der Waals surface area contributed by atoms with E-state index in [1.165, 1.54) is 0 Å². The Morgan fingerprint density at radius 2 is 1.97 bits per heavy atom. The quantitative estimate of drug-likeness (QED) is 0.442. The van der Waals surface area contributed by atoms with E-state index in [1.54, 1.807) is 24.0 Å². The predicted octanol–water partition coefficient (Wildman–Crippen LogP) is 5.32. The summed E-state index contributed by atoms with van der Waals surface area (Å²) in [5.74, 6) is 0.0307. The molecule has 1 aromatic heterocycles. The second kappa shape index (κ2) is 9.27. The summed E-state index contributed by atoms with van der Waals surface area (Å²) in [5.41, 5.74) is 2.66. The highest BCUT2D eigenvalue weighted by molar-refractivity contribution is 6.33. The van der Waals surface area contributed by atoms with E-state index in [-0.39, 0.29) is 22.8 Å². The summed E-state index contributed by atoms with van der Waals surface area (Å²) in [7, 11) is 3.96. The Labute approximate surface area is 204 Å². The van der Waals surface area contributed by atoms with Crippen molar-refractivity contribution >= 4 is 29.1 Å². The molecule has 7 nitrogen and oxygen atoms in total. The zero-order chi connectivity index (χ0) is 24.6. The van der Waals surface area contributed by atoms with Gasteiger partial charge in [0.05, 0.1) is 34.5 Å². The van der Waals surface area contributed by atoms with Crippen LogP contribution in [0.15, 0.2) is 42.5 Å². The Hall–Kier alpha value is -3.10. The van der Waals surface area contributed by atoms with Gasteiger partial charge in [-0.05, 0) is 52.1 Å². The van der Waals surface area contributed by atoms with Crippen LogP contribution >= 0.6 is 11.6 Å². The Morgan fingerprint density at radius 3 is 2.65 bits per heavy atom. The molecular weight excluding hydrogens is 455 g/mol. The highest BCUT2D eigenvalue weighted by atomic mass is 35.5. The van der Waals surface area contributed by atoms with Crippen molar-refractivity contribution < 1.29 is 9.18 Å². The smallest absolute Gasteiger partial charge is 0.319 e. The van der Waals surface area contributed by atoms with Crippen LogP contribution in [-0.4, -0.2) is 46.7 Å². The standard InChI is InChI=1S/C25H30ClFN6O/c1-15-11-12-18(26)21(20(15)27)29-23-17-13-33(25(2,3)22(17)30-31-23)24(34)28-19(14-32(4)5)16-9-7-6-8-10-16/h6-12,19H,13-14H2,1-5H3,(H,28,34)(H2,29,30,31)/t19-/m1/s1. The topological polar surface area (TPSA) is 76.3 Å². The highest BCUT2D eigenvalue weighted by Gasteiger charge is 2.44. The number of anilines is 2. The second-order valence-corrected chi connectivity index (χ2v) is 9.83. The maximum atomic E-state index is 14.7. The Kier molecular flexibility index (Phi) is 6.55. The zero-order valence-electron chi connectivity index (χ0n) is 20.0. The molecule has 0 bridgehead atoms. The van der Waals surface area contributed by atoms with Gasteiger partial charge in [-0.2, -0.15) is 5.10 Å². The largest absolute Gasteiger partial charge is 0.335 e. The van der Waals surface area contributed by atoms with Crippen LogP contribution in [0.2, 0.25) is 5.02 Å². The Morgan fingerprint density at radius 1 is 1.26 bits per heavy atom. The third-order valence-corrected chi connectivity index (χ3v) is 6.61. The first-order valence-electron chi connectivity index (χ1n) is 11.2. The lowest BCUT2D eigenvalue weighted by molar-refractivity contribution is 0.138. The minimum Gasteiger partial charge on any atom is -0.335 e.